The molecule has 0 fully saturated rings. The fourth-order valence-corrected chi connectivity index (χ4v) is 0.986. The lowest BCUT2D eigenvalue weighted by Crippen LogP contribution is -2.48. The number of hydrogen-bond donors (Lipinski definition) is 1. The molecule has 1 heterocycles. The molecule has 0 amide bonds. The normalized spacial score (nSPS) is 16.3. The van der Waals surface area contributed by atoms with E-state index in [1.54, 1.807) is 0 Å². The third kappa shape index (κ3) is 4.03. The highest BCUT2D eigenvalue weighted by Crippen LogP contribution is 2.35. The predicted octanol–water partition coefficient (Wildman–Crippen LogP) is 2.22. The van der Waals surface area contributed by atoms with Gasteiger partial charge in [0.05, 0.1) is 0 Å². The van der Waals surface area contributed by atoms with Crippen molar-refractivity contribution in [3.63, 3.8) is 0 Å². The number of nitrogens with zero attached hydrogens (tertiary/aromatic N) is 2. The molecule has 1 rings (SSSR count). The van der Waals surface area contributed by atoms with Crippen LogP contribution in [0.5, 0.6) is 0 Å². The summed E-state index contributed by atoms with van der Waals surface area (Å²) in [6, 6.07) is 0. The average Bonchev–Trinajstić information content (AvgIpc) is 2.76. The Hall–Kier alpha value is -1.43. The van der Waals surface area contributed by atoms with Gasteiger partial charge in [0.15, 0.2) is 11.4 Å². The summed E-state index contributed by atoms with van der Waals surface area (Å²) in [6.07, 6.45) is -8.82. The summed E-state index contributed by atoms with van der Waals surface area (Å²) < 4.78 is 94.8. The second-order valence-corrected chi connectivity index (χ2v) is 4.27. The zero-order valence-electron chi connectivity index (χ0n) is 10.4. The van der Waals surface area contributed by atoms with Crippen molar-refractivity contribution in [3.05, 3.63) is 11.7 Å². The molecule has 21 heavy (non-hydrogen) atoms. The van der Waals surface area contributed by atoms with Gasteiger partial charge in [-0.15, -0.1) is 0 Å². The van der Waals surface area contributed by atoms with Crippen LogP contribution >= 0.6 is 0 Å². The second kappa shape index (κ2) is 5.75. The highest BCUT2D eigenvalue weighted by atomic mass is 19.4. The highest BCUT2D eigenvalue weighted by Gasteiger charge is 2.53. The molecule has 0 aliphatic carbocycles. The third-order valence-corrected chi connectivity index (χ3v) is 2.35. The van der Waals surface area contributed by atoms with Gasteiger partial charge >= 0.3 is 18.5 Å². The van der Waals surface area contributed by atoms with Gasteiger partial charge in [-0.25, -0.2) is 8.78 Å². The molecule has 0 aromatic carbocycles. The first-order chi connectivity index (χ1) is 9.38. The number of aromatic nitrogens is 2. The van der Waals surface area contributed by atoms with E-state index >= 15 is 0 Å². The summed E-state index contributed by atoms with van der Waals surface area (Å²) in [6.45, 7) is -1.91. The molecule has 0 aliphatic heterocycles. The molecule has 0 saturated carbocycles. The van der Waals surface area contributed by atoms with Gasteiger partial charge in [0, 0.05) is 0 Å². The minimum absolute atomic E-state index is 0.531. The first kappa shape index (κ1) is 17.6. The van der Waals surface area contributed by atoms with E-state index in [1.807, 2.05) is 0 Å². The van der Waals surface area contributed by atoms with Crippen molar-refractivity contribution in [1.29, 1.82) is 0 Å². The Morgan fingerprint density at radius 3 is 2.29 bits per heavy atom. The lowest BCUT2D eigenvalue weighted by molar-refractivity contribution is -0.190. The summed E-state index contributed by atoms with van der Waals surface area (Å²) in [5, 5.41) is 3.04. The lowest BCUT2D eigenvalue weighted by atomic mass is 10.0. The SMILES string of the molecule is CC(N)(c1nc(COCC(F)(F)C(F)F)no1)C(F)(F)F. The maximum atomic E-state index is 12.6. The van der Waals surface area contributed by atoms with Crippen molar-refractivity contribution in [2.75, 3.05) is 6.61 Å². The van der Waals surface area contributed by atoms with Crippen molar-refractivity contribution >= 4 is 0 Å². The molecule has 0 bridgehead atoms. The fourth-order valence-electron chi connectivity index (χ4n) is 0.986. The van der Waals surface area contributed by atoms with Gasteiger partial charge in [-0.2, -0.15) is 26.9 Å². The van der Waals surface area contributed by atoms with Crippen LogP contribution in [-0.2, 0) is 16.9 Å². The maximum Gasteiger partial charge on any atom is 0.415 e. The summed E-state index contributed by atoms with van der Waals surface area (Å²) in [4.78, 5) is 3.23. The van der Waals surface area contributed by atoms with Crippen LogP contribution in [0.15, 0.2) is 4.52 Å². The standard InChI is InChI=1S/C9H10F7N3O2/c1-7(17,9(14,15)16)6-18-4(19-21-6)2-20-3-8(12,13)5(10)11/h5H,2-3,17H2,1H3. The van der Waals surface area contributed by atoms with Crippen LogP contribution in [0.2, 0.25) is 0 Å². The first-order valence-corrected chi connectivity index (χ1v) is 5.30. The van der Waals surface area contributed by atoms with E-state index < -0.39 is 49.0 Å². The van der Waals surface area contributed by atoms with Gasteiger partial charge in [-0.3, -0.25) is 0 Å². The number of alkyl halides is 7. The zero-order valence-corrected chi connectivity index (χ0v) is 10.4. The molecule has 12 heteroatoms. The van der Waals surface area contributed by atoms with E-state index in [4.69, 9.17) is 5.73 Å². The molecule has 0 spiro atoms. The van der Waals surface area contributed by atoms with Crippen LogP contribution < -0.4 is 5.73 Å². The topological polar surface area (TPSA) is 74.2 Å². The van der Waals surface area contributed by atoms with Crippen LogP contribution in [0.3, 0.4) is 0 Å². The quantitative estimate of drug-likeness (QED) is 0.812. The fraction of sp³-hybridized carbons (Fsp3) is 0.778. The van der Waals surface area contributed by atoms with E-state index in [0.717, 1.165) is 0 Å². The molecule has 0 saturated heterocycles. The van der Waals surface area contributed by atoms with E-state index in [1.165, 1.54) is 0 Å². The van der Waals surface area contributed by atoms with Gasteiger partial charge < -0.3 is 15.0 Å². The number of nitrogens with two attached hydrogens (primary N) is 1. The predicted molar refractivity (Wildman–Crippen MR) is 52.5 cm³/mol. The average molecular weight is 325 g/mol. The van der Waals surface area contributed by atoms with Crippen molar-refractivity contribution in [2.24, 2.45) is 5.73 Å². The second-order valence-electron chi connectivity index (χ2n) is 4.27. The lowest BCUT2D eigenvalue weighted by Gasteiger charge is -2.22. The van der Waals surface area contributed by atoms with E-state index in [-0.39, 0.29) is 0 Å². The molecule has 2 N–H and O–H groups in total. The Labute approximate surface area is 113 Å². The third-order valence-electron chi connectivity index (χ3n) is 2.35. The molecule has 1 atom stereocenters. The number of hydrogen-bond acceptors (Lipinski definition) is 5. The number of rotatable bonds is 6. The minimum Gasteiger partial charge on any atom is -0.367 e. The molecule has 1 aromatic heterocycles. The van der Waals surface area contributed by atoms with Gasteiger partial charge in [-0.05, 0) is 6.92 Å². The van der Waals surface area contributed by atoms with Crippen molar-refractivity contribution in [2.45, 2.75) is 37.6 Å². The van der Waals surface area contributed by atoms with Crippen LogP contribution in [0.1, 0.15) is 18.6 Å². The van der Waals surface area contributed by atoms with Gasteiger partial charge in [0.1, 0.15) is 13.2 Å². The van der Waals surface area contributed by atoms with Gasteiger partial charge in [0.25, 0.3) is 5.89 Å². The van der Waals surface area contributed by atoms with Crippen LogP contribution in [0, 0.1) is 0 Å². The number of ether oxygens (including phenoxy) is 1. The van der Waals surface area contributed by atoms with Crippen LogP contribution in [-0.4, -0.2) is 35.3 Å². The summed E-state index contributed by atoms with van der Waals surface area (Å²) >= 11 is 0. The molecule has 1 aromatic rings. The highest BCUT2D eigenvalue weighted by molar-refractivity contribution is 5.03. The van der Waals surface area contributed by atoms with Crippen LogP contribution in [0.25, 0.3) is 0 Å². The van der Waals surface area contributed by atoms with Crippen LogP contribution in [0.4, 0.5) is 30.7 Å². The van der Waals surface area contributed by atoms with Crippen molar-refractivity contribution < 1.29 is 40.0 Å². The zero-order chi connectivity index (χ0) is 16.5. The molecular weight excluding hydrogens is 315 g/mol. The van der Waals surface area contributed by atoms with Gasteiger partial charge in [0.2, 0.25) is 0 Å². The Morgan fingerprint density at radius 1 is 1.24 bits per heavy atom. The largest absolute Gasteiger partial charge is 0.415 e. The van der Waals surface area contributed by atoms with E-state index in [2.05, 4.69) is 19.4 Å². The first-order valence-electron chi connectivity index (χ1n) is 5.30. The van der Waals surface area contributed by atoms with Crippen molar-refractivity contribution in [3.8, 4) is 0 Å². The summed E-state index contributed by atoms with van der Waals surface area (Å²) in [5.41, 5.74) is 2.05. The molecule has 0 aliphatic rings. The monoisotopic (exact) mass is 325 g/mol. The maximum absolute atomic E-state index is 12.6. The summed E-state index contributed by atoms with van der Waals surface area (Å²) in [7, 11) is 0. The Balaban J connectivity index is 2.66. The molecule has 0 radical (unpaired) electrons. The Kier molecular flexibility index (Phi) is 4.83. The Bertz CT molecular complexity index is 472. The van der Waals surface area contributed by atoms with Crippen molar-refractivity contribution in [1.82, 2.24) is 10.1 Å². The molecular formula is C9H10F7N3O2. The van der Waals surface area contributed by atoms with E-state index in [0.29, 0.717) is 6.92 Å². The minimum atomic E-state index is -4.89. The molecule has 5 nitrogen and oxygen atoms in total. The number of halogens is 7. The van der Waals surface area contributed by atoms with E-state index in [9.17, 15) is 30.7 Å². The molecule has 1 unspecified atom stereocenters. The molecule has 122 valence electrons. The smallest absolute Gasteiger partial charge is 0.367 e. The van der Waals surface area contributed by atoms with Gasteiger partial charge in [-0.1, -0.05) is 5.16 Å². The Morgan fingerprint density at radius 2 is 1.81 bits per heavy atom. The summed E-state index contributed by atoms with van der Waals surface area (Å²) in [5.74, 6) is -5.92.